The molecule has 4 heteroatoms. The van der Waals surface area contributed by atoms with Crippen LogP contribution in [-0.2, 0) is 14.0 Å². The lowest BCUT2D eigenvalue weighted by Crippen LogP contribution is -2.57. The van der Waals surface area contributed by atoms with Crippen LogP contribution in [0.25, 0.3) is 0 Å². The Bertz CT molecular complexity index is 767. The molecule has 4 saturated carbocycles. The van der Waals surface area contributed by atoms with Crippen LogP contribution < -0.4 is 0 Å². The van der Waals surface area contributed by atoms with Gasteiger partial charge in [0.05, 0.1) is 0 Å². The van der Waals surface area contributed by atoms with Gasteiger partial charge in [-0.05, 0) is 119 Å². The van der Waals surface area contributed by atoms with Crippen molar-refractivity contribution in [1.82, 2.24) is 0 Å². The van der Waals surface area contributed by atoms with Crippen molar-refractivity contribution in [1.29, 1.82) is 0 Å². The fourth-order valence-corrected chi connectivity index (χ4v) is 10.2. The van der Waals surface area contributed by atoms with Crippen molar-refractivity contribution in [3.05, 3.63) is 0 Å². The number of hydrogen-bond donors (Lipinski definition) is 0. The van der Waals surface area contributed by atoms with E-state index < -0.39 is 8.32 Å². The van der Waals surface area contributed by atoms with Crippen molar-refractivity contribution >= 4 is 19.9 Å². The maximum atomic E-state index is 13.0. The van der Waals surface area contributed by atoms with Gasteiger partial charge in [0.2, 0.25) is 0 Å². The minimum atomic E-state index is -1.74. The second-order valence-corrected chi connectivity index (χ2v) is 18.6. The van der Waals surface area contributed by atoms with Crippen LogP contribution in [0, 0.1) is 40.4 Å². The molecule has 32 heavy (non-hydrogen) atoms. The summed E-state index contributed by atoms with van der Waals surface area (Å²) >= 11 is 0. The van der Waals surface area contributed by atoms with Gasteiger partial charge in [0, 0.05) is 17.4 Å². The second-order valence-electron chi connectivity index (χ2n) is 13.8. The van der Waals surface area contributed by atoms with Gasteiger partial charge in [0.15, 0.2) is 8.32 Å². The minimum absolute atomic E-state index is 0.0230. The van der Waals surface area contributed by atoms with E-state index >= 15 is 0 Å². The predicted octanol–water partition coefficient (Wildman–Crippen LogP) is 7.19. The lowest BCUT2D eigenvalue weighted by Gasteiger charge is -2.61. The van der Waals surface area contributed by atoms with Gasteiger partial charge in [-0.3, -0.25) is 9.59 Å². The summed E-state index contributed by atoms with van der Waals surface area (Å²) in [6.45, 7) is 17.9. The molecule has 0 amide bonds. The zero-order valence-corrected chi connectivity index (χ0v) is 23.1. The summed E-state index contributed by atoms with van der Waals surface area (Å²) in [4.78, 5) is 25.6. The number of ketones is 2. The number of rotatable bonds is 4. The highest BCUT2D eigenvalue weighted by Crippen LogP contribution is 2.68. The van der Waals surface area contributed by atoms with E-state index in [1.165, 1.54) is 32.1 Å². The minimum Gasteiger partial charge on any atom is -0.414 e. The van der Waals surface area contributed by atoms with Crippen molar-refractivity contribution < 1.29 is 14.0 Å². The SMILES string of the molecule is CC(=O)[C@H]1CC[C@H]2[C@@H]3CC[C@H]4C[C@H](O[Si](C)(C)C(C)(C)C)CC[C@]4(C)[C@H]3CC[C@]12C(C)=O. The van der Waals surface area contributed by atoms with Gasteiger partial charge in [0.25, 0.3) is 0 Å². The van der Waals surface area contributed by atoms with Crippen molar-refractivity contribution in [3.63, 3.8) is 0 Å². The summed E-state index contributed by atoms with van der Waals surface area (Å²) in [5, 5.41) is 0.264. The number of Topliss-reactive ketones (excluding diaryl/α,β-unsaturated/α-hetero) is 2. The van der Waals surface area contributed by atoms with E-state index in [9.17, 15) is 9.59 Å². The number of fused-ring (bicyclic) bond motifs is 5. The molecule has 0 aromatic carbocycles. The predicted molar refractivity (Wildman–Crippen MR) is 133 cm³/mol. The number of carbonyl (C=O) groups is 2. The molecule has 4 rings (SSSR count). The molecule has 0 radical (unpaired) electrons. The quantitative estimate of drug-likeness (QED) is 0.417. The molecular weight excluding hydrogens is 412 g/mol. The van der Waals surface area contributed by atoms with Crippen LogP contribution in [0.1, 0.15) is 99.3 Å². The van der Waals surface area contributed by atoms with E-state index in [2.05, 4.69) is 40.8 Å². The van der Waals surface area contributed by atoms with Gasteiger partial charge in [-0.1, -0.05) is 27.7 Å². The molecule has 0 spiro atoms. The highest BCUT2D eigenvalue weighted by atomic mass is 28.4. The molecule has 0 saturated heterocycles. The number of hydrogen-bond acceptors (Lipinski definition) is 3. The van der Waals surface area contributed by atoms with Gasteiger partial charge in [-0.15, -0.1) is 0 Å². The Morgan fingerprint density at radius 3 is 2.19 bits per heavy atom. The third-order valence-corrected chi connectivity index (χ3v) is 16.1. The Morgan fingerprint density at radius 1 is 0.906 bits per heavy atom. The zero-order valence-electron chi connectivity index (χ0n) is 22.1. The van der Waals surface area contributed by atoms with Gasteiger partial charge < -0.3 is 4.43 Å². The Balaban J connectivity index is 1.53. The summed E-state index contributed by atoms with van der Waals surface area (Å²) in [7, 11) is -1.74. The van der Waals surface area contributed by atoms with Gasteiger partial charge in [0.1, 0.15) is 11.6 Å². The lowest BCUT2D eigenvalue weighted by atomic mass is 9.44. The van der Waals surface area contributed by atoms with Crippen LogP contribution in [0.2, 0.25) is 18.1 Å². The molecule has 4 aliphatic rings. The topological polar surface area (TPSA) is 43.4 Å². The van der Waals surface area contributed by atoms with Gasteiger partial charge in [-0.2, -0.15) is 0 Å². The van der Waals surface area contributed by atoms with Gasteiger partial charge >= 0.3 is 0 Å². The fraction of sp³-hybridized carbons (Fsp3) is 0.929. The van der Waals surface area contributed by atoms with Crippen LogP contribution in [0.15, 0.2) is 0 Å². The first-order chi connectivity index (χ1) is 14.7. The van der Waals surface area contributed by atoms with Crippen LogP contribution >= 0.6 is 0 Å². The van der Waals surface area contributed by atoms with Crippen LogP contribution in [0.4, 0.5) is 0 Å². The first kappa shape index (κ1) is 24.6. The molecule has 0 heterocycles. The van der Waals surface area contributed by atoms with Crippen molar-refractivity contribution in [3.8, 4) is 0 Å². The molecule has 0 N–H and O–H groups in total. The second kappa shape index (κ2) is 8.04. The average Bonchev–Trinajstić information content (AvgIpc) is 3.08. The largest absolute Gasteiger partial charge is 0.414 e. The molecule has 3 nitrogen and oxygen atoms in total. The van der Waals surface area contributed by atoms with E-state index in [1.807, 2.05) is 0 Å². The van der Waals surface area contributed by atoms with Crippen LogP contribution in [0.3, 0.4) is 0 Å². The van der Waals surface area contributed by atoms with Crippen molar-refractivity contribution in [2.75, 3.05) is 0 Å². The lowest BCUT2D eigenvalue weighted by molar-refractivity contribution is -0.157. The molecule has 0 aromatic rings. The first-order valence-corrected chi connectivity index (χ1v) is 16.3. The fourth-order valence-electron chi connectivity index (χ4n) is 8.84. The average molecular weight is 461 g/mol. The van der Waals surface area contributed by atoms with E-state index in [4.69, 9.17) is 4.43 Å². The van der Waals surface area contributed by atoms with E-state index in [1.54, 1.807) is 13.8 Å². The summed E-state index contributed by atoms with van der Waals surface area (Å²) in [6.07, 6.45) is 10.8. The molecule has 8 atom stereocenters. The van der Waals surface area contributed by atoms with E-state index in [0.29, 0.717) is 29.1 Å². The molecule has 182 valence electrons. The summed E-state index contributed by atoms with van der Waals surface area (Å²) in [5.41, 5.74) is 0.0340. The molecule has 0 aliphatic heterocycles. The van der Waals surface area contributed by atoms with E-state index in [0.717, 1.165) is 37.5 Å². The van der Waals surface area contributed by atoms with E-state index in [-0.39, 0.29) is 22.2 Å². The normalized spacial score (nSPS) is 44.4. The van der Waals surface area contributed by atoms with Crippen molar-refractivity contribution in [2.45, 2.75) is 124 Å². The summed E-state index contributed by atoms with van der Waals surface area (Å²) in [6, 6.07) is 0. The first-order valence-electron chi connectivity index (χ1n) is 13.4. The maximum Gasteiger partial charge on any atom is 0.192 e. The van der Waals surface area contributed by atoms with Crippen LogP contribution in [0.5, 0.6) is 0 Å². The molecule has 0 bridgehead atoms. The molecule has 0 aromatic heterocycles. The Kier molecular flexibility index (Phi) is 6.19. The summed E-state index contributed by atoms with van der Waals surface area (Å²) < 4.78 is 6.89. The molecule has 4 aliphatic carbocycles. The maximum absolute atomic E-state index is 13.0. The standard InChI is InChI=1S/C28H48O3Si/c1-18(29)23-11-12-25-22-10-9-20-17-21(31-32(7,8)26(3,4)5)13-15-27(20,6)24(22)14-16-28(23,25)19(2)30/h20-25H,9-17H2,1-8H3/t20-,21+,22+,23+,24-,25-,27-,28-/m0/s1. The van der Waals surface area contributed by atoms with Crippen molar-refractivity contribution in [2.24, 2.45) is 40.4 Å². The molecule has 4 fully saturated rings. The van der Waals surface area contributed by atoms with Gasteiger partial charge in [-0.25, -0.2) is 0 Å². The smallest absolute Gasteiger partial charge is 0.192 e. The van der Waals surface area contributed by atoms with Crippen LogP contribution in [-0.4, -0.2) is 26.0 Å². The Labute approximate surface area is 198 Å². The molecular formula is C28H48O3Si. The summed E-state index contributed by atoms with van der Waals surface area (Å²) in [5.74, 6) is 3.08. The highest BCUT2D eigenvalue weighted by molar-refractivity contribution is 6.74. The highest BCUT2D eigenvalue weighted by Gasteiger charge is 2.64. The Hall–Kier alpha value is -0.483. The third-order valence-electron chi connectivity index (χ3n) is 11.5. The zero-order chi connectivity index (χ0) is 23.7. The number of carbonyl (C=O) groups excluding carboxylic acids is 2. The third kappa shape index (κ3) is 3.61. The monoisotopic (exact) mass is 460 g/mol. The Morgan fingerprint density at radius 2 is 1.59 bits per heavy atom. The molecule has 0 unspecified atom stereocenters.